The molecule has 4 heteroatoms. The minimum Gasteiger partial charge on any atom is -1.00 e. The molecule has 0 spiro atoms. The first-order valence-electron chi connectivity index (χ1n) is 7.93. The molecule has 0 heterocycles. The van der Waals surface area contributed by atoms with Crippen LogP contribution < -0.4 is 37.2 Å². The van der Waals surface area contributed by atoms with E-state index in [9.17, 15) is 0 Å². The maximum atomic E-state index is 2.39. The minimum atomic E-state index is 0. The van der Waals surface area contributed by atoms with Gasteiger partial charge in [0, 0.05) is 0 Å². The molecule has 0 bridgehead atoms. The average Bonchev–Trinajstić information content (AvgIpc) is 2.91. The van der Waals surface area contributed by atoms with E-state index in [4.69, 9.17) is 0 Å². The average molecular weight is 428 g/mol. The van der Waals surface area contributed by atoms with Crippen LogP contribution in [0, 0.1) is 5.92 Å². The van der Waals surface area contributed by atoms with E-state index in [1.165, 1.54) is 15.0 Å². The number of benzene rings is 2. The summed E-state index contributed by atoms with van der Waals surface area (Å²) in [7, 11) is 0. The summed E-state index contributed by atoms with van der Waals surface area (Å²) < 4.78 is 1.46. The summed E-state index contributed by atoms with van der Waals surface area (Å²) in [5, 5.41) is 0. The molecule has 0 saturated carbocycles. The Morgan fingerprint density at radius 2 is 1.20 bits per heavy atom. The van der Waals surface area contributed by atoms with Crippen molar-refractivity contribution in [2.24, 2.45) is 5.92 Å². The van der Waals surface area contributed by atoms with Crippen molar-refractivity contribution in [1.82, 2.24) is 0 Å². The molecular formula is C21H21Cl3Ti. The zero-order valence-electron chi connectivity index (χ0n) is 14.3. The Balaban J connectivity index is 0.00000192. The molecule has 3 rings (SSSR count). The van der Waals surface area contributed by atoms with Crippen LogP contribution in [-0.2, 0) is 20.4 Å². The Morgan fingerprint density at radius 1 is 0.760 bits per heavy atom. The van der Waals surface area contributed by atoms with Crippen molar-refractivity contribution in [2.45, 2.75) is 26.2 Å². The van der Waals surface area contributed by atoms with Crippen molar-refractivity contribution in [3.05, 3.63) is 92.9 Å². The number of halogens is 3. The van der Waals surface area contributed by atoms with E-state index in [1.807, 2.05) is 0 Å². The fourth-order valence-corrected chi connectivity index (χ4v) is 4.31. The quantitative estimate of drug-likeness (QED) is 0.447. The van der Waals surface area contributed by atoms with Crippen LogP contribution in [-0.4, -0.2) is 0 Å². The first kappa shape index (κ1) is 24.5. The van der Waals surface area contributed by atoms with Crippen LogP contribution in [0.3, 0.4) is 0 Å². The Morgan fingerprint density at radius 3 is 1.60 bits per heavy atom. The summed E-state index contributed by atoms with van der Waals surface area (Å²) in [6.45, 7) is 4.62. The maximum absolute atomic E-state index is 2.39. The zero-order chi connectivity index (χ0) is 15.5. The molecule has 25 heavy (non-hydrogen) atoms. The predicted octanol–water partition coefficient (Wildman–Crippen LogP) is -3.38. The van der Waals surface area contributed by atoms with E-state index in [0.29, 0.717) is 11.8 Å². The van der Waals surface area contributed by atoms with Crippen LogP contribution in [0.1, 0.15) is 37.3 Å². The number of hydrogen-bond donors (Lipinski definition) is 0. The largest absolute Gasteiger partial charge is 1.00 e. The first-order valence-corrected chi connectivity index (χ1v) is 8.71. The smallest absolute Gasteiger partial charge is 1.00 e. The molecule has 0 fully saturated rings. The molecule has 130 valence electrons. The Bertz CT molecular complexity index is 667. The second kappa shape index (κ2) is 11.3. The van der Waals surface area contributed by atoms with Crippen LogP contribution in [0.15, 0.2) is 81.8 Å². The standard InChI is InChI=1S/C21H21.3ClH.Ti/c1-16(2)19-14-9-15-20(19)21(17-10-5-3-6-11-17)18-12-7-4-8-13-18;;;;/h3-13,16,21H,15H2,1-2H3;3*1H;/q;;;;+3/p-3. The van der Waals surface area contributed by atoms with Gasteiger partial charge in [-0.15, -0.1) is 0 Å². The van der Waals surface area contributed by atoms with Gasteiger partial charge in [-0.3, -0.25) is 0 Å². The summed E-state index contributed by atoms with van der Waals surface area (Å²) in [5.41, 5.74) is 5.91. The summed E-state index contributed by atoms with van der Waals surface area (Å²) in [6, 6.07) is 21.8. The van der Waals surface area contributed by atoms with Gasteiger partial charge in [-0.1, -0.05) is 0 Å². The van der Waals surface area contributed by atoms with Gasteiger partial charge < -0.3 is 37.2 Å². The third-order valence-corrected chi connectivity index (χ3v) is 5.09. The Kier molecular flexibility index (Phi) is 11.0. The van der Waals surface area contributed by atoms with Gasteiger partial charge in [0.05, 0.1) is 0 Å². The summed E-state index contributed by atoms with van der Waals surface area (Å²) in [4.78, 5) is 0. The summed E-state index contributed by atoms with van der Waals surface area (Å²) in [6.07, 6.45) is 3.47. The van der Waals surface area contributed by atoms with E-state index in [-0.39, 0.29) is 37.2 Å². The van der Waals surface area contributed by atoms with Gasteiger partial charge in [0.1, 0.15) is 0 Å². The summed E-state index contributed by atoms with van der Waals surface area (Å²) in [5.74, 6) is 0.942. The van der Waals surface area contributed by atoms with Crippen LogP contribution in [0.4, 0.5) is 0 Å². The fraction of sp³-hybridized carbons (Fsp3) is 0.238. The maximum Gasteiger partial charge on any atom is -1.00 e. The van der Waals surface area contributed by atoms with Crippen LogP contribution in [0.2, 0.25) is 0 Å². The molecule has 0 N–H and O–H groups in total. The molecule has 0 saturated heterocycles. The van der Waals surface area contributed by atoms with Crippen molar-refractivity contribution >= 4 is 0 Å². The van der Waals surface area contributed by atoms with Crippen LogP contribution in [0.5, 0.6) is 0 Å². The molecule has 2 aromatic rings. The van der Waals surface area contributed by atoms with E-state index in [2.05, 4.69) is 101 Å². The number of hydrogen-bond acceptors (Lipinski definition) is 0. The van der Waals surface area contributed by atoms with E-state index in [0.717, 1.165) is 6.42 Å². The van der Waals surface area contributed by atoms with Crippen molar-refractivity contribution in [1.29, 1.82) is 0 Å². The van der Waals surface area contributed by atoms with Gasteiger partial charge in [0.15, 0.2) is 0 Å². The van der Waals surface area contributed by atoms with Crippen LogP contribution >= 0.6 is 0 Å². The van der Waals surface area contributed by atoms with Gasteiger partial charge in [0.2, 0.25) is 0 Å². The monoisotopic (exact) mass is 426 g/mol. The van der Waals surface area contributed by atoms with E-state index >= 15 is 0 Å². The minimum absolute atomic E-state index is 0. The summed E-state index contributed by atoms with van der Waals surface area (Å²) >= 11 is 2.26. The number of rotatable bonds is 4. The molecular weight excluding hydrogens is 406 g/mol. The third kappa shape index (κ3) is 5.49. The predicted molar refractivity (Wildman–Crippen MR) is 89.3 cm³/mol. The first-order chi connectivity index (χ1) is 10.7. The van der Waals surface area contributed by atoms with Crippen LogP contribution in [0.25, 0.3) is 0 Å². The molecule has 0 unspecified atom stereocenters. The topological polar surface area (TPSA) is 0 Å². The van der Waals surface area contributed by atoms with Crippen molar-refractivity contribution < 1.29 is 57.7 Å². The molecule has 1 aliphatic carbocycles. The number of allylic oxidation sites excluding steroid dienone is 4. The van der Waals surface area contributed by atoms with E-state index in [1.54, 1.807) is 11.1 Å². The van der Waals surface area contributed by atoms with Gasteiger partial charge in [-0.25, -0.2) is 0 Å². The molecule has 0 nitrogen and oxygen atoms in total. The van der Waals surface area contributed by atoms with Gasteiger partial charge in [-0.2, -0.15) is 0 Å². The SMILES string of the molecule is CC(C)C1=C(C(c2ccccc2)c2ccccc2)CC=[C]1[Ti+3].[Cl-].[Cl-].[Cl-]. The second-order valence-corrected chi connectivity index (χ2v) is 7.01. The molecule has 1 aliphatic rings. The molecule has 0 radical (unpaired) electrons. The van der Waals surface area contributed by atoms with Crippen molar-refractivity contribution in [3.8, 4) is 0 Å². The normalized spacial score (nSPS) is 13.1. The zero-order valence-corrected chi connectivity index (χ0v) is 18.2. The second-order valence-electron chi connectivity index (χ2n) is 6.17. The Labute approximate surface area is 181 Å². The molecule has 0 amide bonds. The molecule has 0 aliphatic heterocycles. The van der Waals surface area contributed by atoms with Gasteiger partial charge >= 0.3 is 145 Å². The Hall–Kier alpha value is -0.496. The van der Waals surface area contributed by atoms with Gasteiger partial charge in [-0.05, 0) is 0 Å². The third-order valence-electron chi connectivity index (χ3n) is 4.35. The van der Waals surface area contributed by atoms with Crippen molar-refractivity contribution in [2.75, 3.05) is 0 Å². The van der Waals surface area contributed by atoms with E-state index < -0.39 is 0 Å². The molecule has 0 aromatic heterocycles. The van der Waals surface area contributed by atoms with Crippen molar-refractivity contribution in [3.63, 3.8) is 0 Å². The molecule has 0 atom stereocenters. The molecule has 2 aromatic carbocycles. The van der Waals surface area contributed by atoms with Gasteiger partial charge in [0.25, 0.3) is 0 Å². The fourth-order valence-electron chi connectivity index (χ4n) is 3.45.